The second-order valence-electron chi connectivity index (χ2n) is 9.00. The van der Waals surface area contributed by atoms with E-state index in [0.717, 1.165) is 43.5 Å². The van der Waals surface area contributed by atoms with E-state index < -0.39 is 0 Å². The Morgan fingerprint density at radius 1 is 1.06 bits per heavy atom. The van der Waals surface area contributed by atoms with Crippen LogP contribution in [0.2, 0.25) is 0 Å². The van der Waals surface area contributed by atoms with Crippen molar-refractivity contribution in [1.82, 2.24) is 34.5 Å². The van der Waals surface area contributed by atoms with Gasteiger partial charge in [0.15, 0.2) is 5.82 Å². The number of aromatic nitrogens is 5. The van der Waals surface area contributed by atoms with Crippen molar-refractivity contribution in [3.05, 3.63) is 53.6 Å². The highest BCUT2D eigenvalue weighted by Gasteiger charge is 2.27. The average molecular weight is 461 g/mol. The van der Waals surface area contributed by atoms with E-state index >= 15 is 0 Å². The molecular weight excluding hydrogens is 432 g/mol. The topological polar surface area (TPSA) is 109 Å². The van der Waals surface area contributed by atoms with Crippen molar-refractivity contribution >= 4 is 17.8 Å². The van der Waals surface area contributed by atoms with E-state index in [2.05, 4.69) is 25.5 Å². The van der Waals surface area contributed by atoms with Gasteiger partial charge in [0.05, 0.1) is 0 Å². The number of urea groups is 1. The van der Waals surface area contributed by atoms with Crippen LogP contribution in [0.5, 0.6) is 0 Å². The highest BCUT2D eigenvalue weighted by Crippen LogP contribution is 2.23. The summed E-state index contributed by atoms with van der Waals surface area (Å²) in [4.78, 5) is 38.5. The van der Waals surface area contributed by atoms with Crippen LogP contribution in [0.25, 0.3) is 11.5 Å². The third kappa shape index (κ3) is 4.35. The predicted molar refractivity (Wildman–Crippen MR) is 126 cm³/mol. The highest BCUT2D eigenvalue weighted by atomic mass is 16.2. The first-order chi connectivity index (χ1) is 16.5. The fraction of sp³-hybridized carbons (Fsp3) is 0.417. The number of carbonyl (C=O) groups is 2. The summed E-state index contributed by atoms with van der Waals surface area (Å²) in [7, 11) is 0. The number of fused-ring (bicyclic) bond motifs is 1. The molecule has 5 heterocycles. The van der Waals surface area contributed by atoms with Gasteiger partial charge in [-0.05, 0) is 62.4 Å². The number of hydrogen-bond acceptors (Lipinski definition) is 6. The van der Waals surface area contributed by atoms with Crippen molar-refractivity contribution in [3.8, 4) is 11.5 Å². The number of amides is 3. The molecular formula is C24H28N8O2. The maximum atomic E-state index is 13.0. The normalized spacial score (nSPS) is 15.5. The molecule has 176 valence electrons. The summed E-state index contributed by atoms with van der Waals surface area (Å²) in [6, 6.07) is 7.43. The molecule has 1 N–H and O–H groups in total. The lowest BCUT2D eigenvalue weighted by Gasteiger charge is -2.32. The Balaban J connectivity index is 1.31. The second-order valence-corrected chi connectivity index (χ2v) is 9.00. The van der Waals surface area contributed by atoms with Crippen molar-refractivity contribution in [2.24, 2.45) is 0 Å². The first-order valence-corrected chi connectivity index (χ1v) is 11.7. The summed E-state index contributed by atoms with van der Waals surface area (Å²) >= 11 is 0. The van der Waals surface area contributed by atoms with Crippen LogP contribution < -0.4 is 5.32 Å². The molecule has 1 saturated heterocycles. The lowest BCUT2D eigenvalue weighted by Crippen LogP contribution is -2.44. The molecule has 3 aromatic heterocycles. The van der Waals surface area contributed by atoms with Crippen molar-refractivity contribution in [1.29, 1.82) is 0 Å². The Morgan fingerprint density at radius 2 is 1.88 bits per heavy atom. The molecule has 0 atom stereocenters. The van der Waals surface area contributed by atoms with E-state index in [4.69, 9.17) is 0 Å². The Bertz CT molecular complexity index is 1220. The minimum atomic E-state index is -0.347. The molecule has 0 spiro atoms. The minimum absolute atomic E-state index is 0.0845. The largest absolute Gasteiger partial charge is 0.325 e. The van der Waals surface area contributed by atoms with Gasteiger partial charge in [0.25, 0.3) is 5.91 Å². The van der Waals surface area contributed by atoms with E-state index in [9.17, 15) is 9.59 Å². The molecule has 0 saturated carbocycles. The monoisotopic (exact) mass is 460 g/mol. The quantitative estimate of drug-likeness (QED) is 0.641. The Morgan fingerprint density at radius 3 is 2.68 bits per heavy atom. The van der Waals surface area contributed by atoms with Crippen LogP contribution in [0.4, 0.5) is 10.6 Å². The Kier molecular flexibility index (Phi) is 5.95. The molecule has 5 rings (SSSR count). The third-order valence-electron chi connectivity index (χ3n) is 6.32. The van der Waals surface area contributed by atoms with E-state index in [0.29, 0.717) is 36.1 Å². The first-order valence-electron chi connectivity index (χ1n) is 11.7. The molecule has 0 radical (unpaired) electrons. The number of anilines is 1. The van der Waals surface area contributed by atoms with Crippen LogP contribution in [-0.4, -0.2) is 66.1 Å². The lowest BCUT2D eigenvalue weighted by molar-refractivity contribution is 0.102. The maximum Gasteiger partial charge on any atom is 0.320 e. The summed E-state index contributed by atoms with van der Waals surface area (Å²) in [5, 5.41) is 11.0. The standard InChI is InChI=1S/C24H28N8O2/c1-16(2)32-15-26-29-22(32)19-6-5-7-21(27-19)28-23(33)20-12-18-14-31(11-8-17(18)13-25-20)24(34)30-9-3-4-10-30/h5-7,12-13,15-16H,3-4,8-11,14H2,1-2H3,(H,27,28,33). The molecule has 0 bridgehead atoms. The Hall–Kier alpha value is -3.82. The summed E-state index contributed by atoms with van der Waals surface area (Å²) in [5.41, 5.74) is 2.96. The predicted octanol–water partition coefficient (Wildman–Crippen LogP) is 3.14. The van der Waals surface area contributed by atoms with Crippen LogP contribution in [0.15, 0.2) is 36.8 Å². The number of nitrogens with zero attached hydrogens (tertiary/aromatic N) is 7. The van der Waals surface area contributed by atoms with Gasteiger partial charge in [0, 0.05) is 38.4 Å². The van der Waals surface area contributed by atoms with Crippen molar-refractivity contribution in [2.75, 3.05) is 25.0 Å². The number of likely N-dealkylation sites (tertiary alicyclic amines) is 1. The zero-order valence-electron chi connectivity index (χ0n) is 19.4. The van der Waals surface area contributed by atoms with E-state index in [1.54, 1.807) is 24.7 Å². The van der Waals surface area contributed by atoms with Gasteiger partial charge >= 0.3 is 6.03 Å². The molecule has 0 aliphatic carbocycles. The van der Waals surface area contributed by atoms with Crippen LogP contribution in [0.3, 0.4) is 0 Å². The van der Waals surface area contributed by atoms with Gasteiger partial charge in [-0.3, -0.25) is 9.78 Å². The minimum Gasteiger partial charge on any atom is -0.325 e. The van der Waals surface area contributed by atoms with Gasteiger partial charge in [-0.25, -0.2) is 9.78 Å². The number of carbonyl (C=O) groups excluding carboxylic acids is 2. The fourth-order valence-electron chi connectivity index (χ4n) is 4.45. The molecule has 3 amide bonds. The van der Waals surface area contributed by atoms with Crippen LogP contribution in [0, 0.1) is 0 Å². The smallest absolute Gasteiger partial charge is 0.320 e. The summed E-state index contributed by atoms with van der Waals surface area (Å²) in [6.07, 6.45) is 6.29. The highest BCUT2D eigenvalue weighted by molar-refractivity contribution is 6.02. The van der Waals surface area contributed by atoms with Crippen molar-refractivity contribution in [3.63, 3.8) is 0 Å². The fourth-order valence-corrected chi connectivity index (χ4v) is 4.45. The molecule has 3 aromatic rings. The van der Waals surface area contributed by atoms with Crippen molar-refractivity contribution < 1.29 is 9.59 Å². The van der Waals surface area contributed by atoms with E-state index in [1.165, 1.54) is 0 Å². The molecule has 0 aromatic carbocycles. The zero-order chi connectivity index (χ0) is 23.7. The number of rotatable bonds is 4. The van der Waals surface area contributed by atoms with E-state index in [-0.39, 0.29) is 18.0 Å². The SMILES string of the molecule is CC(C)n1cnnc1-c1cccc(NC(=O)c2cc3c(cn2)CCN(C(=O)N2CCCC2)C3)n1. The number of hydrogen-bond donors (Lipinski definition) is 1. The van der Waals surface area contributed by atoms with Gasteiger partial charge in [0.2, 0.25) is 0 Å². The average Bonchev–Trinajstić information content (AvgIpc) is 3.56. The summed E-state index contributed by atoms with van der Waals surface area (Å²) in [6.45, 7) is 6.90. The Labute approximate surface area is 198 Å². The molecule has 10 heteroatoms. The molecule has 34 heavy (non-hydrogen) atoms. The maximum absolute atomic E-state index is 13.0. The molecule has 0 unspecified atom stereocenters. The molecule has 10 nitrogen and oxygen atoms in total. The molecule has 2 aliphatic heterocycles. The van der Waals surface area contributed by atoms with Crippen LogP contribution in [0.1, 0.15) is 54.3 Å². The number of nitrogens with one attached hydrogen (secondary N) is 1. The van der Waals surface area contributed by atoms with Crippen LogP contribution in [-0.2, 0) is 13.0 Å². The van der Waals surface area contributed by atoms with Gasteiger partial charge in [0.1, 0.15) is 23.5 Å². The summed E-state index contributed by atoms with van der Waals surface area (Å²) < 4.78 is 1.92. The number of pyridine rings is 2. The van der Waals surface area contributed by atoms with Crippen molar-refractivity contribution in [2.45, 2.75) is 45.7 Å². The van der Waals surface area contributed by atoms with Crippen LogP contribution >= 0.6 is 0 Å². The van der Waals surface area contributed by atoms with Gasteiger partial charge < -0.3 is 19.7 Å². The summed E-state index contributed by atoms with van der Waals surface area (Å²) in [5.74, 6) is 0.702. The molecule has 2 aliphatic rings. The zero-order valence-corrected chi connectivity index (χ0v) is 19.4. The van der Waals surface area contributed by atoms with Gasteiger partial charge in [-0.1, -0.05) is 6.07 Å². The second kappa shape index (κ2) is 9.20. The lowest BCUT2D eigenvalue weighted by atomic mass is 10.0. The van der Waals surface area contributed by atoms with Gasteiger partial charge in [-0.2, -0.15) is 0 Å². The van der Waals surface area contributed by atoms with E-state index in [1.807, 2.05) is 40.3 Å². The first kappa shape index (κ1) is 22.0. The molecule has 1 fully saturated rings. The third-order valence-corrected chi connectivity index (χ3v) is 6.32. The van der Waals surface area contributed by atoms with Gasteiger partial charge in [-0.15, -0.1) is 10.2 Å².